The van der Waals surface area contributed by atoms with Crippen LogP contribution in [0.4, 0.5) is 0 Å². The van der Waals surface area contributed by atoms with Crippen molar-refractivity contribution in [3.05, 3.63) is 70.7 Å². The summed E-state index contributed by atoms with van der Waals surface area (Å²) in [6.45, 7) is 6.65. The van der Waals surface area contributed by atoms with Gasteiger partial charge >= 0.3 is 5.97 Å². The van der Waals surface area contributed by atoms with E-state index in [1.807, 2.05) is 24.3 Å². The zero-order valence-corrected chi connectivity index (χ0v) is 19.1. The van der Waals surface area contributed by atoms with Gasteiger partial charge in [0.2, 0.25) is 0 Å². The van der Waals surface area contributed by atoms with Crippen LogP contribution >= 0.6 is 11.3 Å². The molecule has 1 N–H and O–H groups in total. The Balaban J connectivity index is 1.48. The quantitative estimate of drug-likeness (QED) is 0.382. The molecule has 0 amide bonds. The van der Waals surface area contributed by atoms with Crippen molar-refractivity contribution in [3.63, 3.8) is 0 Å². The van der Waals surface area contributed by atoms with Gasteiger partial charge in [-0.15, -0.1) is 16.4 Å². The Morgan fingerprint density at radius 1 is 1.15 bits per heavy atom. The molecule has 9 heteroatoms. The number of thiazole rings is 1. The zero-order valence-electron chi connectivity index (χ0n) is 18.3. The largest absolute Gasteiger partial charge is 0.478 e. The number of hydrogen-bond donors (Lipinski definition) is 1. The lowest BCUT2D eigenvalue weighted by Gasteiger charge is -2.13. The average molecular weight is 460 g/mol. The summed E-state index contributed by atoms with van der Waals surface area (Å²) in [5, 5.41) is 25.3. The molecule has 0 saturated heterocycles. The molecule has 0 spiro atoms. The maximum atomic E-state index is 11.6. The second kappa shape index (κ2) is 7.93. The molecule has 0 unspecified atom stereocenters. The van der Waals surface area contributed by atoms with Crippen molar-refractivity contribution in [3.8, 4) is 22.2 Å². The molecule has 8 nitrogen and oxygen atoms in total. The summed E-state index contributed by atoms with van der Waals surface area (Å²) in [4.78, 5) is 16.3. The van der Waals surface area contributed by atoms with Crippen LogP contribution in [-0.4, -0.2) is 36.3 Å². The summed E-state index contributed by atoms with van der Waals surface area (Å²) in [5.41, 5.74) is 3.42. The lowest BCUT2D eigenvalue weighted by molar-refractivity contribution is 0.0695. The van der Waals surface area contributed by atoms with Gasteiger partial charge in [-0.3, -0.25) is 0 Å². The van der Waals surface area contributed by atoms with Crippen LogP contribution in [0.25, 0.3) is 33.1 Å². The van der Waals surface area contributed by atoms with Crippen LogP contribution in [0.15, 0.2) is 58.3 Å². The molecule has 0 aliphatic carbocycles. The highest BCUT2D eigenvalue weighted by atomic mass is 32.1. The Morgan fingerprint density at radius 3 is 2.73 bits per heavy atom. The summed E-state index contributed by atoms with van der Waals surface area (Å²) in [6.07, 6.45) is 0. The van der Waals surface area contributed by atoms with E-state index in [1.54, 1.807) is 40.3 Å². The molecule has 0 aliphatic rings. The smallest absolute Gasteiger partial charge is 0.336 e. The van der Waals surface area contributed by atoms with Gasteiger partial charge in [0.25, 0.3) is 0 Å². The van der Waals surface area contributed by atoms with Gasteiger partial charge in [0.05, 0.1) is 17.8 Å². The van der Waals surface area contributed by atoms with E-state index in [-0.39, 0.29) is 17.5 Å². The maximum absolute atomic E-state index is 11.6. The maximum Gasteiger partial charge on any atom is 0.336 e. The van der Waals surface area contributed by atoms with Crippen LogP contribution < -0.4 is 0 Å². The molecule has 0 bridgehead atoms. The van der Waals surface area contributed by atoms with E-state index in [0.29, 0.717) is 11.4 Å². The molecule has 5 aromatic rings. The number of carboxylic acids is 1. The SMILES string of the molecule is CC(C)(C)c1csc(-c2cc3cc(-c4nnnn4Cc4ccccc4C(=O)O)ccc3o2)n1. The van der Waals surface area contributed by atoms with Crippen molar-refractivity contribution >= 4 is 28.3 Å². The third kappa shape index (κ3) is 4.03. The number of carbonyl (C=O) groups is 1. The van der Waals surface area contributed by atoms with E-state index in [1.165, 1.54) is 0 Å². The van der Waals surface area contributed by atoms with Crippen LogP contribution in [0.2, 0.25) is 0 Å². The fourth-order valence-corrected chi connectivity index (χ4v) is 4.56. The number of aromatic carboxylic acids is 1. The third-order valence-corrected chi connectivity index (χ3v) is 6.21. The molecular formula is C24H21N5O3S. The second-order valence-corrected chi connectivity index (χ2v) is 9.63. The van der Waals surface area contributed by atoms with Crippen LogP contribution in [0.3, 0.4) is 0 Å². The van der Waals surface area contributed by atoms with Gasteiger partial charge in [-0.25, -0.2) is 14.5 Å². The number of fused-ring (bicyclic) bond motifs is 1. The van der Waals surface area contributed by atoms with Crippen LogP contribution in [0.1, 0.15) is 42.4 Å². The van der Waals surface area contributed by atoms with Gasteiger partial charge in [-0.2, -0.15) is 0 Å². The molecule has 0 atom stereocenters. The Labute approximate surface area is 193 Å². The fourth-order valence-electron chi connectivity index (χ4n) is 3.57. The molecule has 2 aromatic carbocycles. The number of furan rings is 1. The first-order chi connectivity index (χ1) is 15.8. The van der Waals surface area contributed by atoms with Gasteiger partial charge in [0.1, 0.15) is 5.58 Å². The van der Waals surface area contributed by atoms with Crippen molar-refractivity contribution in [2.45, 2.75) is 32.7 Å². The predicted molar refractivity (Wildman–Crippen MR) is 125 cm³/mol. The molecule has 5 rings (SSSR count). The van der Waals surface area contributed by atoms with Crippen LogP contribution in [-0.2, 0) is 12.0 Å². The number of aromatic nitrogens is 5. The van der Waals surface area contributed by atoms with Gasteiger partial charge in [-0.1, -0.05) is 39.0 Å². The number of rotatable bonds is 5. The Kier molecular flexibility index (Phi) is 5.05. The van der Waals surface area contributed by atoms with Gasteiger partial charge in [-0.05, 0) is 46.3 Å². The van der Waals surface area contributed by atoms with Gasteiger partial charge in [0, 0.05) is 21.7 Å². The zero-order chi connectivity index (χ0) is 23.2. The molecule has 33 heavy (non-hydrogen) atoms. The van der Waals surface area contributed by atoms with Crippen molar-refractivity contribution in [2.24, 2.45) is 0 Å². The van der Waals surface area contributed by atoms with E-state index in [9.17, 15) is 9.90 Å². The van der Waals surface area contributed by atoms with Gasteiger partial charge in [0.15, 0.2) is 16.6 Å². The molecule has 166 valence electrons. The molecule has 0 radical (unpaired) electrons. The minimum absolute atomic E-state index is 0.0235. The summed E-state index contributed by atoms with van der Waals surface area (Å²) < 4.78 is 7.64. The van der Waals surface area contributed by atoms with Crippen LogP contribution in [0, 0.1) is 0 Å². The van der Waals surface area contributed by atoms with E-state index in [0.717, 1.165) is 33.0 Å². The third-order valence-electron chi connectivity index (χ3n) is 5.36. The summed E-state index contributed by atoms with van der Waals surface area (Å²) in [5.74, 6) is 0.283. The number of nitrogens with zero attached hydrogens (tertiary/aromatic N) is 5. The highest BCUT2D eigenvalue weighted by Gasteiger charge is 2.20. The topological polar surface area (TPSA) is 107 Å². The first kappa shape index (κ1) is 21.0. The average Bonchev–Trinajstić information content (AvgIpc) is 3.51. The number of benzene rings is 2. The first-order valence-electron chi connectivity index (χ1n) is 10.4. The van der Waals surface area contributed by atoms with Crippen molar-refractivity contribution in [2.75, 3.05) is 0 Å². The van der Waals surface area contributed by atoms with Gasteiger partial charge < -0.3 is 9.52 Å². The standard InChI is InChI=1S/C24H21N5O3S/c1-24(2,3)20-13-33-22(25-20)19-11-16-10-14(8-9-18(16)32-19)21-26-27-28-29(21)12-15-6-4-5-7-17(15)23(30)31/h4-11,13H,12H2,1-3H3,(H,30,31). The molecule has 0 fully saturated rings. The first-order valence-corrected chi connectivity index (χ1v) is 11.3. The van der Waals surface area contributed by atoms with Crippen molar-refractivity contribution in [1.82, 2.24) is 25.2 Å². The molecule has 3 aromatic heterocycles. The van der Waals surface area contributed by atoms with Crippen molar-refractivity contribution < 1.29 is 14.3 Å². The lowest BCUT2D eigenvalue weighted by Crippen LogP contribution is -2.11. The number of tetrazole rings is 1. The summed E-state index contributed by atoms with van der Waals surface area (Å²) in [6, 6.07) is 14.5. The number of hydrogen-bond acceptors (Lipinski definition) is 7. The predicted octanol–water partition coefficient (Wildman–Crippen LogP) is 5.25. The van der Waals surface area contributed by atoms with E-state index in [4.69, 9.17) is 9.40 Å². The minimum Gasteiger partial charge on any atom is -0.478 e. The summed E-state index contributed by atoms with van der Waals surface area (Å²) in [7, 11) is 0. The molecule has 0 saturated carbocycles. The minimum atomic E-state index is -0.982. The highest BCUT2D eigenvalue weighted by molar-refractivity contribution is 7.13. The van der Waals surface area contributed by atoms with E-state index >= 15 is 0 Å². The Morgan fingerprint density at radius 2 is 1.97 bits per heavy atom. The Bertz CT molecular complexity index is 1470. The van der Waals surface area contributed by atoms with Crippen LogP contribution in [0.5, 0.6) is 0 Å². The Hall–Kier alpha value is -3.85. The summed E-state index contributed by atoms with van der Waals surface area (Å²) >= 11 is 1.56. The van der Waals surface area contributed by atoms with E-state index in [2.05, 4.69) is 41.7 Å². The monoisotopic (exact) mass is 459 g/mol. The molecule has 3 heterocycles. The van der Waals surface area contributed by atoms with Crippen molar-refractivity contribution in [1.29, 1.82) is 0 Å². The lowest BCUT2D eigenvalue weighted by atomic mass is 9.93. The van der Waals surface area contributed by atoms with E-state index < -0.39 is 5.97 Å². The fraction of sp³-hybridized carbons (Fsp3) is 0.208. The molecule has 0 aliphatic heterocycles. The molecular weight excluding hydrogens is 438 g/mol. The normalized spacial score (nSPS) is 11.8. The number of carboxylic acid groups (broad SMARTS) is 1. The second-order valence-electron chi connectivity index (χ2n) is 8.77. The highest BCUT2D eigenvalue weighted by Crippen LogP contribution is 2.34.